The third-order valence-corrected chi connectivity index (χ3v) is 16.3. The molecule has 0 unspecified atom stereocenters. The zero-order valence-corrected chi connectivity index (χ0v) is 34.5. The lowest BCUT2D eigenvalue weighted by Gasteiger charge is -2.47. The molecule has 0 amide bonds. The van der Waals surface area contributed by atoms with Gasteiger partial charge in [-0.15, -0.1) is 11.6 Å². The minimum Gasteiger partial charge on any atom is -0.409 e. The van der Waals surface area contributed by atoms with Crippen LogP contribution in [-0.2, 0) is 62.3 Å². The molecule has 0 spiro atoms. The van der Waals surface area contributed by atoms with Crippen LogP contribution >= 0.6 is 11.6 Å². The molecule has 3 aliphatic heterocycles. The Morgan fingerprint density at radius 3 is 1.91 bits per heavy atom. The van der Waals surface area contributed by atoms with E-state index < -0.39 is 61.9 Å². The van der Waals surface area contributed by atoms with Crippen molar-refractivity contribution in [1.82, 2.24) is 0 Å². The Labute approximate surface area is 332 Å². The number of fused-ring (bicyclic) bond motifs is 1. The zero-order valence-electron chi connectivity index (χ0n) is 32.8. The summed E-state index contributed by atoms with van der Waals surface area (Å²) in [5, 5.41) is -0.637. The van der Waals surface area contributed by atoms with Crippen molar-refractivity contribution in [3.63, 3.8) is 0 Å². The zero-order chi connectivity index (χ0) is 39.0. The van der Waals surface area contributed by atoms with E-state index in [1.807, 2.05) is 91.0 Å². The van der Waals surface area contributed by atoms with E-state index in [9.17, 15) is 9.59 Å². The lowest BCUT2D eigenvalue weighted by atomic mass is 9.88. The van der Waals surface area contributed by atoms with E-state index in [0.29, 0.717) is 45.9 Å². The molecule has 11 heteroatoms. The highest BCUT2D eigenvalue weighted by Crippen LogP contribution is 2.40. The fraction of sp³-hybridized carbons (Fsp3) is 0.545. The van der Waals surface area contributed by atoms with Crippen LogP contribution in [0.4, 0.5) is 0 Å². The van der Waals surface area contributed by atoms with Crippen LogP contribution in [0.25, 0.3) is 0 Å². The van der Waals surface area contributed by atoms with Gasteiger partial charge in [0.15, 0.2) is 8.32 Å². The molecule has 6 rings (SSSR count). The predicted molar refractivity (Wildman–Crippen MR) is 213 cm³/mol. The summed E-state index contributed by atoms with van der Waals surface area (Å²) in [6.45, 7) is 12.8. The van der Waals surface area contributed by atoms with Crippen LogP contribution in [0.15, 0.2) is 91.0 Å². The van der Waals surface area contributed by atoms with Gasteiger partial charge in [-0.25, -0.2) is 0 Å². The molecule has 3 fully saturated rings. The maximum Gasteiger partial charge on any atom is 0.227 e. The van der Waals surface area contributed by atoms with Gasteiger partial charge >= 0.3 is 0 Å². The van der Waals surface area contributed by atoms with Gasteiger partial charge in [0.25, 0.3) is 0 Å². The van der Waals surface area contributed by atoms with Crippen molar-refractivity contribution in [2.45, 2.75) is 139 Å². The summed E-state index contributed by atoms with van der Waals surface area (Å²) in [4.78, 5) is 27.8. The topological polar surface area (TPSA) is 98.8 Å². The standard InChI is InChI=1S/C44H57ClO9Si/c1-44(2,3)55(4,5)54-43-35(50-27-31-17-11-7-12-18-31)21-22-49-38(43)24-34(46)41(47)37-23-33(45)42-39(52-37)25-36(51-28-32-19-13-8-14-20-32)40(53-42)29-48-26-30-15-9-6-10-16-30/h6-20,33,35-40,42-43H,21-29H2,1-5H3/t33-,35-,36+,37+,38+,39+,40+,42-,43-/m0/s1. The van der Waals surface area contributed by atoms with E-state index in [-0.39, 0.29) is 30.1 Å². The Morgan fingerprint density at radius 2 is 1.33 bits per heavy atom. The number of ketones is 2. The molecular formula is C44H57ClO9Si. The highest BCUT2D eigenvalue weighted by Gasteiger charge is 2.50. The van der Waals surface area contributed by atoms with Crippen LogP contribution in [0.1, 0.15) is 63.1 Å². The van der Waals surface area contributed by atoms with Crippen molar-refractivity contribution in [2.75, 3.05) is 13.2 Å². The Morgan fingerprint density at radius 1 is 0.764 bits per heavy atom. The summed E-state index contributed by atoms with van der Waals surface area (Å²) in [7, 11) is -2.32. The van der Waals surface area contributed by atoms with Gasteiger partial charge in [0.1, 0.15) is 18.3 Å². The minimum atomic E-state index is -2.32. The predicted octanol–water partition coefficient (Wildman–Crippen LogP) is 8.00. The van der Waals surface area contributed by atoms with Crippen LogP contribution in [0, 0.1) is 0 Å². The molecule has 3 aliphatic rings. The highest BCUT2D eigenvalue weighted by atomic mass is 35.5. The smallest absolute Gasteiger partial charge is 0.227 e. The molecule has 0 saturated carbocycles. The molecule has 0 bridgehead atoms. The molecular weight excluding hydrogens is 736 g/mol. The highest BCUT2D eigenvalue weighted by molar-refractivity contribution is 6.74. The van der Waals surface area contributed by atoms with E-state index >= 15 is 0 Å². The molecule has 0 N–H and O–H groups in total. The first-order chi connectivity index (χ1) is 26.4. The number of ether oxygens (including phenoxy) is 6. The fourth-order valence-electron chi connectivity index (χ4n) is 7.18. The van der Waals surface area contributed by atoms with Crippen molar-refractivity contribution in [3.8, 4) is 0 Å². The van der Waals surface area contributed by atoms with Crippen LogP contribution in [-0.4, -0.2) is 87.3 Å². The van der Waals surface area contributed by atoms with Crippen LogP contribution in [0.5, 0.6) is 0 Å². The van der Waals surface area contributed by atoms with Crippen LogP contribution in [0.3, 0.4) is 0 Å². The van der Waals surface area contributed by atoms with E-state index in [1.165, 1.54) is 0 Å². The van der Waals surface area contributed by atoms with Gasteiger partial charge in [0.05, 0.1) is 62.3 Å². The molecule has 3 aromatic rings. The molecule has 9 nitrogen and oxygen atoms in total. The molecule has 0 aromatic heterocycles. The van der Waals surface area contributed by atoms with Gasteiger partial charge in [-0.05, 0) is 41.2 Å². The summed E-state index contributed by atoms with van der Waals surface area (Å²) >= 11 is 6.98. The number of Topliss-reactive ketones (excluding diaryl/α,β-unsaturated/α-hetero) is 2. The first-order valence-electron chi connectivity index (χ1n) is 19.6. The van der Waals surface area contributed by atoms with E-state index in [4.69, 9.17) is 44.4 Å². The quantitative estimate of drug-likeness (QED) is 0.0812. The first kappa shape index (κ1) is 41.8. The summed E-state index contributed by atoms with van der Waals surface area (Å²) < 4.78 is 45.1. The summed E-state index contributed by atoms with van der Waals surface area (Å²) in [5.74, 6) is -1.17. The van der Waals surface area contributed by atoms with Gasteiger partial charge < -0.3 is 32.8 Å². The fourth-order valence-corrected chi connectivity index (χ4v) is 8.90. The molecule has 3 heterocycles. The second-order valence-electron chi connectivity index (χ2n) is 16.5. The number of rotatable bonds is 16. The average Bonchev–Trinajstić information content (AvgIpc) is 3.17. The second kappa shape index (κ2) is 19.1. The van der Waals surface area contributed by atoms with Gasteiger partial charge in [-0.2, -0.15) is 0 Å². The molecule has 3 aromatic carbocycles. The van der Waals surface area contributed by atoms with Crippen LogP contribution in [0.2, 0.25) is 18.1 Å². The van der Waals surface area contributed by atoms with Gasteiger partial charge in [0.2, 0.25) is 11.6 Å². The van der Waals surface area contributed by atoms with Crippen molar-refractivity contribution >= 4 is 31.5 Å². The van der Waals surface area contributed by atoms with Crippen LogP contribution < -0.4 is 0 Å². The molecule has 0 aliphatic carbocycles. The number of carbonyl (C=O) groups is 2. The number of hydrogen-bond acceptors (Lipinski definition) is 9. The SMILES string of the molecule is CC(C)(C)[Si](C)(C)O[C@H]1[C@@H](OCc2ccccc2)CCO[C@@H]1CC(=O)C(=O)[C@H]1C[C@H](Cl)[C@@H]2O[C@H](COCc3ccccc3)[C@H](OCc3ccccc3)C[C@H]2O1. The Kier molecular flexibility index (Phi) is 14.5. The number of carbonyl (C=O) groups excluding carboxylic acids is 2. The summed E-state index contributed by atoms with van der Waals surface area (Å²) in [6.07, 6.45) is -3.20. The second-order valence-corrected chi connectivity index (χ2v) is 21.8. The van der Waals surface area contributed by atoms with Crippen molar-refractivity contribution in [3.05, 3.63) is 108 Å². The Balaban J connectivity index is 1.11. The van der Waals surface area contributed by atoms with Gasteiger partial charge in [-0.1, -0.05) is 112 Å². The minimum absolute atomic E-state index is 0.0849. The molecule has 298 valence electrons. The Hall–Kier alpha value is -2.77. The molecule has 55 heavy (non-hydrogen) atoms. The molecule has 9 atom stereocenters. The largest absolute Gasteiger partial charge is 0.409 e. The Bertz CT molecular complexity index is 1650. The number of halogens is 1. The summed E-state index contributed by atoms with van der Waals surface area (Å²) in [5.41, 5.74) is 3.14. The van der Waals surface area contributed by atoms with Crippen molar-refractivity contribution in [1.29, 1.82) is 0 Å². The number of benzene rings is 3. The third kappa shape index (κ3) is 11.2. The van der Waals surface area contributed by atoms with E-state index in [2.05, 4.69) is 33.9 Å². The average molecular weight is 793 g/mol. The van der Waals surface area contributed by atoms with Crippen molar-refractivity contribution < 1.29 is 42.4 Å². The van der Waals surface area contributed by atoms with E-state index in [0.717, 1.165) is 16.7 Å². The van der Waals surface area contributed by atoms with Gasteiger partial charge in [-0.3, -0.25) is 9.59 Å². The lowest BCUT2D eigenvalue weighted by molar-refractivity contribution is -0.236. The summed E-state index contributed by atoms with van der Waals surface area (Å²) in [6, 6.07) is 29.9. The van der Waals surface area contributed by atoms with E-state index in [1.54, 1.807) is 0 Å². The third-order valence-electron chi connectivity index (χ3n) is 11.4. The van der Waals surface area contributed by atoms with Crippen molar-refractivity contribution in [2.24, 2.45) is 0 Å². The maximum absolute atomic E-state index is 13.9. The first-order valence-corrected chi connectivity index (χ1v) is 23.0. The molecule has 3 saturated heterocycles. The molecule has 0 radical (unpaired) electrons. The number of hydrogen-bond donors (Lipinski definition) is 0. The normalized spacial score (nSPS) is 28.7. The number of alkyl halides is 1. The monoisotopic (exact) mass is 792 g/mol. The lowest BCUT2D eigenvalue weighted by Crippen LogP contribution is -2.59. The van der Waals surface area contributed by atoms with Gasteiger partial charge in [0, 0.05) is 25.9 Å². The maximum atomic E-state index is 13.9.